The van der Waals surface area contributed by atoms with E-state index in [0.717, 1.165) is 36.5 Å². The third-order valence-corrected chi connectivity index (χ3v) is 6.40. The fourth-order valence-corrected chi connectivity index (χ4v) is 4.74. The summed E-state index contributed by atoms with van der Waals surface area (Å²) in [6.07, 6.45) is 3.40. The van der Waals surface area contributed by atoms with E-state index in [1.165, 1.54) is 6.33 Å². The molecule has 35 heavy (non-hydrogen) atoms. The number of anilines is 1. The Labute approximate surface area is 203 Å². The van der Waals surface area contributed by atoms with Crippen LogP contribution in [-0.4, -0.2) is 39.9 Å². The summed E-state index contributed by atoms with van der Waals surface area (Å²) >= 11 is 0. The SMILES string of the molecule is N#Cc1c(N2CCC[C@H](N)C2)n(Cc2ccccc2)c2c(=O)n(CCOc3ccccc3)cnc12. The summed E-state index contributed by atoms with van der Waals surface area (Å²) in [5.74, 6) is 1.47. The second-order valence-corrected chi connectivity index (χ2v) is 8.83. The van der Waals surface area contributed by atoms with Gasteiger partial charge >= 0.3 is 0 Å². The monoisotopic (exact) mass is 468 g/mol. The summed E-state index contributed by atoms with van der Waals surface area (Å²) < 4.78 is 9.30. The molecule has 8 nitrogen and oxygen atoms in total. The molecule has 1 aliphatic rings. The van der Waals surface area contributed by atoms with E-state index in [1.54, 1.807) is 4.57 Å². The Morgan fingerprint density at radius 2 is 1.86 bits per heavy atom. The zero-order valence-electron chi connectivity index (χ0n) is 19.5. The van der Waals surface area contributed by atoms with Crippen molar-refractivity contribution in [2.45, 2.75) is 32.0 Å². The predicted octanol–water partition coefficient (Wildman–Crippen LogP) is 3.12. The van der Waals surface area contributed by atoms with Crippen LogP contribution in [0, 0.1) is 11.3 Å². The zero-order chi connectivity index (χ0) is 24.2. The molecule has 178 valence electrons. The fraction of sp³-hybridized carbons (Fsp3) is 0.296. The van der Waals surface area contributed by atoms with E-state index in [-0.39, 0.29) is 11.6 Å². The van der Waals surface area contributed by atoms with Crippen molar-refractivity contribution in [2.24, 2.45) is 5.73 Å². The standard InChI is InChI=1S/C27H28N6O2/c28-16-23-24-25(27(34)32(19-30-24)14-15-35-22-11-5-2-6-12-22)33(17-20-8-3-1-4-9-20)26(23)31-13-7-10-21(29)18-31/h1-6,8-9,11-12,19,21H,7,10,13-15,17-18,29H2/t21-/m0/s1. The van der Waals surface area contributed by atoms with Gasteiger partial charge in [0.25, 0.3) is 5.56 Å². The molecular weight excluding hydrogens is 440 g/mol. The van der Waals surface area contributed by atoms with Gasteiger partial charge in [0.2, 0.25) is 0 Å². The van der Waals surface area contributed by atoms with Crippen molar-refractivity contribution in [1.82, 2.24) is 14.1 Å². The predicted molar refractivity (Wildman–Crippen MR) is 136 cm³/mol. The molecule has 2 aromatic carbocycles. The average Bonchev–Trinajstić information content (AvgIpc) is 3.20. The number of rotatable bonds is 7. The van der Waals surface area contributed by atoms with Gasteiger partial charge < -0.3 is 19.9 Å². The van der Waals surface area contributed by atoms with Crippen LogP contribution in [0.2, 0.25) is 0 Å². The summed E-state index contributed by atoms with van der Waals surface area (Å²) in [7, 11) is 0. The van der Waals surface area contributed by atoms with E-state index in [9.17, 15) is 10.1 Å². The normalized spacial score (nSPS) is 15.8. The maximum absolute atomic E-state index is 13.7. The van der Waals surface area contributed by atoms with Crippen molar-refractivity contribution < 1.29 is 4.74 Å². The Morgan fingerprint density at radius 1 is 1.11 bits per heavy atom. The maximum Gasteiger partial charge on any atom is 0.278 e. The van der Waals surface area contributed by atoms with Gasteiger partial charge in [-0.05, 0) is 30.5 Å². The molecule has 0 saturated carbocycles. The lowest BCUT2D eigenvalue weighted by molar-refractivity contribution is 0.296. The van der Waals surface area contributed by atoms with E-state index in [2.05, 4.69) is 16.0 Å². The number of nitrogens with two attached hydrogens (primary N) is 1. The first-order chi connectivity index (χ1) is 17.2. The van der Waals surface area contributed by atoms with Gasteiger partial charge in [-0.3, -0.25) is 9.36 Å². The van der Waals surface area contributed by atoms with Gasteiger partial charge in [-0.2, -0.15) is 5.26 Å². The smallest absolute Gasteiger partial charge is 0.278 e. The molecule has 0 bridgehead atoms. The summed E-state index contributed by atoms with van der Waals surface area (Å²) in [4.78, 5) is 20.4. The van der Waals surface area contributed by atoms with Gasteiger partial charge in [0.05, 0.1) is 12.9 Å². The minimum Gasteiger partial charge on any atom is -0.492 e. The van der Waals surface area contributed by atoms with Crippen LogP contribution in [0.4, 0.5) is 5.82 Å². The highest BCUT2D eigenvalue weighted by Gasteiger charge is 2.28. The number of benzene rings is 2. The molecule has 0 spiro atoms. The van der Waals surface area contributed by atoms with Gasteiger partial charge in [-0.25, -0.2) is 4.98 Å². The molecule has 4 aromatic rings. The summed E-state index contributed by atoms with van der Waals surface area (Å²) in [5.41, 5.74) is 8.42. The van der Waals surface area contributed by atoms with Crippen LogP contribution in [0.25, 0.3) is 11.0 Å². The number of aromatic nitrogens is 3. The van der Waals surface area contributed by atoms with E-state index in [4.69, 9.17) is 10.5 Å². The maximum atomic E-state index is 13.7. The Balaban J connectivity index is 1.58. The molecule has 1 atom stereocenters. The van der Waals surface area contributed by atoms with Crippen LogP contribution >= 0.6 is 0 Å². The van der Waals surface area contributed by atoms with Crippen LogP contribution in [0.1, 0.15) is 24.0 Å². The molecule has 0 amide bonds. The molecule has 0 aliphatic carbocycles. The number of hydrogen-bond acceptors (Lipinski definition) is 6. The van der Waals surface area contributed by atoms with E-state index < -0.39 is 0 Å². The minimum absolute atomic E-state index is 0.0261. The van der Waals surface area contributed by atoms with Crippen molar-refractivity contribution >= 4 is 16.9 Å². The first-order valence-electron chi connectivity index (χ1n) is 11.9. The number of nitrogens with zero attached hydrogens (tertiary/aromatic N) is 5. The summed E-state index contributed by atoms with van der Waals surface area (Å²) in [5, 5.41) is 10.1. The number of para-hydroxylation sites is 1. The van der Waals surface area contributed by atoms with E-state index >= 15 is 0 Å². The van der Waals surface area contributed by atoms with Crippen LogP contribution in [0.3, 0.4) is 0 Å². The van der Waals surface area contributed by atoms with Crippen LogP contribution in [0.5, 0.6) is 5.75 Å². The van der Waals surface area contributed by atoms with Gasteiger partial charge in [-0.15, -0.1) is 0 Å². The van der Waals surface area contributed by atoms with E-state index in [1.807, 2.05) is 65.2 Å². The van der Waals surface area contributed by atoms with Gasteiger partial charge in [0.15, 0.2) is 0 Å². The van der Waals surface area contributed by atoms with Crippen molar-refractivity contribution in [2.75, 3.05) is 24.6 Å². The lowest BCUT2D eigenvalue weighted by Crippen LogP contribution is -2.44. The summed E-state index contributed by atoms with van der Waals surface area (Å²) in [6.45, 7) is 2.56. The summed E-state index contributed by atoms with van der Waals surface area (Å²) in [6, 6.07) is 21.8. The highest BCUT2D eigenvalue weighted by atomic mass is 16.5. The first kappa shape index (κ1) is 22.7. The molecule has 3 heterocycles. The van der Waals surface area contributed by atoms with Crippen LogP contribution in [0.15, 0.2) is 71.8 Å². The second-order valence-electron chi connectivity index (χ2n) is 8.83. The molecule has 0 radical (unpaired) electrons. The fourth-order valence-electron chi connectivity index (χ4n) is 4.74. The average molecular weight is 469 g/mol. The molecular formula is C27H28N6O2. The van der Waals surface area contributed by atoms with Crippen LogP contribution in [-0.2, 0) is 13.1 Å². The molecule has 2 aromatic heterocycles. The number of ether oxygens (including phenoxy) is 1. The third-order valence-electron chi connectivity index (χ3n) is 6.40. The third kappa shape index (κ3) is 4.63. The topological polar surface area (TPSA) is 102 Å². The zero-order valence-corrected chi connectivity index (χ0v) is 19.5. The Bertz CT molecular complexity index is 1410. The number of nitriles is 1. The molecule has 1 saturated heterocycles. The Morgan fingerprint density at radius 3 is 2.57 bits per heavy atom. The van der Waals surface area contributed by atoms with Crippen molar-refractivity contribution in [3.8, 4) is 11.8 Å². The van der Waals surface area contributed by atoms with Crippen molar-refractivity contribution in [3.63, 3.8) is 0 Å². The van der Waals surface area contributed by atoms with E-state index in [0.29, 0.717) is 42.8 Å². The van der Waals surface area contributed by atoms with Crippen molar-refractivity contribution in [1.29, 1.82) is 5.26 Å². The molecule has 1 aliphatic heterocycles. The Hall–Kier alpha value is -4.09. The molecule has 0 unspecified atom stereocenters. The number of piperidine rings is 1. The minimum atomic E-state index is -0.188. The highest BCUT2D eigenvalue weighted by molar-refractivity contribution is 5.89. The lowest BCUT2D eigenvalue weighted by atomic mass is 10.1. The van der Waals surface area contributed by atoms with Crippen molar-refractivity contribution in [3.05, 3.63) is 88.5 Å². The van der Waals surface area contributed by atoms with Crippen LogP contribution < -0.4 is 20.9 Å². The highest BCUT2D eigenvalue weighted by Crippen LogP contribution is 2.32. The van der Waals surface area contributed by atoms with Gasteiger partial charge in [-0.1, -0.05) is 48.5 Å². The lowest BCUT2D eigenvalue weighted by Gasteiger charge is -2.33. The van der Waals surface area contributed by atoms with Gasteiger partial charge in [0.1, 0.15) is 40.8 Å². The number of hydrogen-bond donors (Lipinski definition) is 1. The van der Waals surface area contributed by atoms with Gasteiger partial charge in [0, 0.05) is 25.7 Å². The molecule has 1 fully saturated rings. The quantitative estimate of drug-likeness (QED) is 0.447. The molecule has 2 N–H and O–H groups in total. The first-order valence-corrected chi connectivity index (χ1v) is 11.9. The largest absolute Gasteiger partial charge is 0.492 e. The number of fused-ring (bicyclic) bond motifs is 1. The molecule has 8 heteroatoms. The molecule has 5 rings (SSSR count). The Kier molecular flexibility index (Phi) is 6.51. The second kappa shape index (κ2) is 10.0.